The fourth-order valence-corrected chi connectivity index (χ4v) is 2.41. The molecule has 0 bridgehead atoms. The number of amides is 2. The molecule has 0 radical (unpaired) electrons. The highest BCUT2D eigenvalue weighted by Crippen LogP contribution is 2.16. The molecule has 126 valence electrons. The first kappa shape index (κ1) is 17.1. The maximum Gasteiger partial charge on any atom is 0.407 e. The van der Waals surface area contributed by atoms with E-state index in [-0.39, 0.29) is 24.3 Å². The van der Waals surface area contributed by atoms with Gasteiger partial charge in [0.25, 0.3) is 5.91 Å². The largest absolute Gasteiger partial charge is 0.481 e. The Labute approximate surface area is 134 Å². The van der Waals surface area contributed by atoms with E-state index in [1.165, 1.54) is 12.1 Å². The van der Waals surface area contributed by atoms with Gasteiger partial charge in [-0.15, -0.1) is 0 Å². The van der Waals surface area contributed by atoms with Crippen molar-refractivity contribution in [1.82, 2.24) is 10.2 Å². The third kappa shape index (κ3) is 5.12. The number of nitrogens with zero attached hydrogens (tertiary/aromatic N) is 1. The number of likely N-dealkylation sites (tertiary alicyclic amines) is 1. The van der Waals surface area contributed by atoms with E-state index in [9.17, 15) is 14.0 Å². The number of hydrogen-bond acceptors (Lipinski definition) is 4. The molecule has 2 amide bonds. The Morgan fingerprint density at radius 3 is 2.65 bits per heavy atom. The van der Waals surface area contributed by atoms with Crippen molar-refractivity contribution in [1.29, 1.82) is 0 Å². The second kappa shape index (κ2) is 8.36. The average Bonchev–Trinajstić information content (AvgIpc) is 2.55. The summed E-state index contributed by atoms with van der Waals surface area (Å²) in [4.78, 5) is 25.1. The third-order valence-electron chi connectivity index (χ3n) is 3.63. The molecule has 6 nitrogen and oxygen atoms in total. The highest BCUT2D eigenvalue weighted by Gasteiger charge is 2.24. The molecule has 1 aliphatic rings. The molecule has 0 aliphatic carbocycles. The molecule has 1 aliphatic heterocycles. The number of carbonyl (C=O) groups is 2. The van der Waals surface area contributed by atoms with Crippen molar-refractivity contribution in [2.24, 2.45) is 0 Å². The fourth-order valence-electron chi connectivity index (χ4n) is 2.41. The van der Waals surface area contributed by atoms with Crippen LogP contribution in [0.2, 0.25) is 0 Å². The van der Waals surface area contributed by atoms with Crippen LogP contribution in [0.5, 0.6) is 5.75 Å². The van der Waals surface area contributed by atoms with Gasteiger partial charge >= 0.3 is 6.09 Å². The zero-order chi connectivity index (χ0) is 16.7. The van der Waals surface area contributed by atoms with Crippen molar-refractivity contribution in [3.8, 4) is 5.75 Å². The highest BCUT2D eigenvalue weighted by molar-refractivity contribution is 5.78. The maximum absolute atomic E-state index is 13.4. The lowest BCUT2D eigenvalue weighted by Gasteiger charge is -2.32. The van der Waals surface area contributed by atoms with E-state index in [4.69, 9.17) is 9.47 Å². The Balaban J connectivity index is 1.73. The minimum Gasteiger partial charge on any atom is -0.481 e. The van der Waals surface area contributed by atoms with Gasteiger partial charge in [-0.1, -0.05) is 12.1 Å². The number of hydrogen-bond donors (Lipinski definition) is 1. The van der Waals surface area contributed by atoms with Crippen molar-refractivity contribution in [3.63, 3.8) is 0 Å². The van der Waals surface area contributed by atoms with Crippen molar-refractivity contribution in [2.75, 3.05) is 26.3 Å². The van der Waals surface area contributed by atoms with Crippen molar-refractivity contribution < 1.29 is 23.5 Å². The average molecular weight is 324 g/mol. The zero-order valence-electron chi connectivity index (χ0n) is 13.1. The second-order valence-corrected chi connectivity index (χ2v) is 5.24. The summed E-state index contributed by atoms with van der Waals surface area (Å²) in [6, 6.07) is 5.98. The minimum absolute atomic E-state index is 0.00517. The summed E-state index contributed by atoms with van der Waals surface area (Å²) < 4.78 is 23.5. The molecule has 1 N–H and O–H groups in total. The van der Waals surface area contributed by atoms with Crippen LogP contribution in [0.25, 0.3) is 0 Å². The van der Waals surface area contributed by atoms with E-state index in [0.717, 1.165) is 0 Å². The molecule has 0 aromatic heterocycles. The Morgan fingerprint density at radius 1 is 1.30 bits per heavy atom. The Hall–Kier alpha value is -2.31. The van der Waals surface area contributed by atoms with Gasteiger partial charge in [0.15, 0.2) is 18.2 Å². The van der Waals surface area contributed by atoms with Gasteiger partial charge < -0.3 is 19.7 Å². The van der Waals surface area contributed by atoms with Crippen LogP contribution in [0, 0.1) is 5.82 Å². The molecular formula is C16H21FN2O4. The van der Waals surface area contributed by atoms with Gasteiger partial charge in [0.05, 0.1) is 6.61 Å². The number of benzene rings is 1. The lowest BCUT2D eigenvalue weighted by atomic mass is 10.1. The van der Waals surface area contributed by atoms with Gasteiger partial charge in [-0.3, -0.25) is 4.79 Å². The van der Waals surface area contributed by atoms with E-state index in [2.05, 4.69) is 5.32 Å². The number of halogens is 1. The second-order valence-electron chi connectivity index (χ2n) is 5.24. The fraction of sp³-hybridized carbons (Fsp3) is 0.500. The van der Waals surface area contributed by atoms with Crippen LogP contribution >= 0.6 is 0 Å². The van der Waals surface area contributed by atoms with Crippen molar-refractivity contribution >= 4 is 12.0 Å². The summed E-state index contributed by atoms with van der Waals surface area (Å²) in [6.45, 7) is 2.93. The molecule has 7 heteroatoms. The summed E-state index contributed by atoms with van der Waals surface area (Å²) in [6.07, 6.45) is 0.884. The Kier molecular flexibility index (Phi) is 6.19. The smallest absolute Gasteiger partial charge is 0.407 e. The van der Waals surface area contributed by atoms with Crippen LogP contribution < -0.4 is 10.1 Å². The number of para-hydroxylation sites is 1. The summed E-state index contributed by atoms with van der Waals surface area (Å²) in [5, 5.41) is 2.76. The molecule has 0 atom stereocenters. The highest BCUT2D eigenvalue weighted by atomic mass is 19.1. The monoisotopic (exact) mass is 324 g/mol. The molecule has 0 unspecified atom stereocenters. The number of carbonyl (C=O) groups excluding carboxylic acids is 2. The predicted molar refractivity (Wildman–Crippen MR) is 81.7 cm³/mol. The number of rotatable bonds is 5. The number of ether oxygens (including phenoxy) is 2. The number of piperidine rings is 1. The lowest BCUT2D eigenvalue weighted by Crippen LogP contribution is -2.47. The quantitative estimate of drug-likeness (QED) is 0.899. The maximum atomic E-state index is 13.4. The number of nitrogens with one attached hydrogen (secondary N) is 1. The summed E-state index contributed by atoms with van der Waals surface area (Å²) in [7, 11) is 0. The van der Waals surface area contributed by atoms with Gasteiger partial charge in [-0.25, -0.2) is 9.18 Å². The third-order valence-corrected chi connectivity index (χ3v) is 3.63. The Bertz CT molecular complexity index is 545. The molecule has 2 rings (SSSR count). The lowest BCUT2D eigenvalue weighted by molar-refractivity contribution is -0.134. The number of alkyl carbamates (subject to hydrolysis) is 1. The molecule has 1 aromatic carbocycles. The molecule has 1 saturated heterocycles. The van der Waals surface area contributed by atoms with Crippen LogP contribution in [-0.4, -0.2) is 49.2 Å². The normalized spacial score (nSPS) is 15.1. The standard InChI is InChI=1S/C16H21FN2O4/c1-2-22-16(21)18-12-7-9-19(10-8-12)15(20)11-23-14-6-4-3-5-13(14)17/h3-6,12H,2,7-11H2,1H3,(H,18,21). The summed E-state index contributed by atoms with van der Waals surface area (Å²) in [5.41, 5.74) is 0. The SMILES string of the molecule is CCOC(=O)NC1CCN(C(=O)COc2ccccc2F)CC1. The Morgan fingerprint density at radius 2 is 2.00 bits per heavy atom. The first-order chi connectivity index (χ1) is 11.1. The molecule has 0 saturated carbocycles. The van der Waals surface area contributed by atoms with Gasteiger partial charge in [0.2, 0.25) is 0 Å². The van der Waals surface area contributed by atoms with E-state index >= 15 is 0 Å². The molecule has 1 aromatic rings. The summed E-state index contributed by atoms with van der Waals surface area (Å²) in [5.74, 6) is -0.611. The topological polar surface area (TPSA) is 67.9 Å². The van der Waals surface area contributed by atoms with E-state index in [1.807, 2.05) is 0 Å². The molecule has 0 spiro atoms. The zero-order valence-corrected chi connectivity index (χ0v) is 13.1. The minimum atomic E-state index is -0.488. The molecule has 1 heterocycles. The van der Waals surface area contributed by atoms with Crippen LogP contribution in [0.15, 0.2) is 24.3 Å². The van der Waals surface area contributed by atoms with Crippen LogP contribution in [0.1, 0.15) is 19.8 Å². The van der Waals surface area contributed by atoms with Gasteiger partial charge in [-0.2, -0.15) is 0 Å². The van der Waals surface area contributed by atoms with E-state index in [0.29, 0.717) is 32.5 Å². The van der Waals surface area contributed by atoms with Gasteiger partial charge in [-0.05, 0) is 31.9 Å². The first-order valence-corrected chi connectivity index (χ1v) is 7.68. The van der Waals surface area contributed by atoms with Crippen molar-refractivity contribution in [2.45, 2.75) is 25.8 Å². The van der Waals surface area contributed by atoms with Gasteiger partial charge in [0, 0.05) is 19.1 Å². The summed E-state index contributed by atoms with van der Waals surface area (Å²) >= 11 is 0. The van der Waals surface area contributed by atoms with E-state index < -0.39 is 11.9 Å². The van der Waals surface area contributed by atoms with E-state index in [1.54, 1.807) is 24.0 Å². The molecule has 23 heavy (non-hydrogen) atoms. The predicted octanol–water partition coefficient (Wildman–Crippen LogP) is 1.94. The van der Waals surface area contributed by atoms with Gasteiger partial charge in [0.1, 0.15) is 0 Å². The van der Waals surface area contributed by atoms with Crippen LogP contribution in [0.4, 0.5) is 9.18 Å². The molecular weight excluding hydrogens is 303 g/mol. The van der Waals surface area contributed by atoms with Crippen LogP contribution in [-0.2, 0) is 9.53 Å². The first-order valence-electron chi connectivity index (χ1n) is 7.68. The molecule has 1 fully saturated rings. The van der Waals surface area contributed by atoms with Crippen LogP contribution in [0.3, 0.4) is 0 Å². The van der Waals surface area contributed by atoms with Crippen molar-refractivity contribution in [3.05, 3.63) is 30.1 Å².